The Bertz CT molecular complexity index is 1360. The third-order valence-electron chi connectivity index (χ3n) is 6.18. The van der Waals surface area contributed by atoms with Crippen LogP contribution >= 0.6 is 0 Å². The van der Waals surface area contributed by atoms with Gasteiger partial charge in [0.1, 0.15) is 6.10 Å². The number of rotatable bonds is 10. The molecule has 39 heavy (non-hydrogen) atoms. The SMILES string of the molecule is COc1ccc([C@H](OC(=O)Nc2ccc3c(c2)OCO3)[C@@H](C)CC/C=C/C(=O)Nc2ccccc2N)cc1O. The van der Waals surface area contributed by atoms with E-state index in [1.54, 1.807) is 60.7 Å². The molecule has 204 valence electrons. The van der Waals surface area contributed by atoms with Crippen LogP contribution in [0.25, 0.3) is 0 Å². The van der Waals surface area contributed by atoms with Crippen molar-refractivity contribution in [3.8, 4) is 23.0 Å². The van der Waals surface area contributed by atoms with Crippen LogP contribution in [0.15, 0.2) is 72.8 Å². The maximum Gasteiger partial charge on any atom is 0.412 e. The van der Waals surface area contributed by atoms with Gasteiger partial charge >= 0.3 is 6.09 Å². The first kappa shape index (κ1) is 27.2. The molecule has 10 nitrogen and oxygen atoms in total. The van der Waals surface area contributed by atoms with Crippen molar-refractivity contribution in [2.24, 2.45) is 5.92 Å². The van der Waals surface area contributed by atoms with Crippen molar-refractivity contribution in [3.63, 3.8) is 0 Å². The van der Waals surface area contributed by atoms with E-state index in [4.69, 9.17) is 24.7 Å². The molecule has 3 aromatic rings. The number of allylic oxidation sites excluding steroid dienone is 1. The molecule has 0 unspecified atom stereocenters. The average Bonchev–Trinajstić information content (AvgIpc) is 3.39. The third kappa shape index (κ3) is 7.13. The normalized spacial score (nSPS) is 13.5. The van der Waals surface area contributed by atoms with E-state index in [2.05, 4.69) is 10.6 Å². The highest BCUT2D eigenvalue weighted by atomic mass is 16.7. The summed E-state index contributed by atoms with van der Waals surface area (Å²) in [6.45, 7) is 2.05. The molecular formula is C29H31N3O7. The number of carbonyl (C=O) groups is 2. The third-order valence-corrected chi connectivity index (χ3v) is 6.18. The number of amides is 2. The second-order valence-corrected chi connectivity index (χ2v) is 8.98. The molecule has 2 amide bonds. The Morgan fingerprint density at radius 3 is 2.64 bits per heavy atom. The van der Waals surface area contributed by atoms with Crippen LogP contribution in [-0.4, -0.2) is 31.0 Å². The standard InChI is InChI=1S/C29H31N3O7/c1-18(7-3-6-10-27(34)32-22-9-5-4-8-21(22)30)28(19-11-13-24(36-2)23(33)15-19)39-29(35)31-20-12-14-25-26(16-20)38-17-37-25/h4-6,8-16,18,28,33H,3,7,17,30H2,1-2H3,(H,31,35)(H,32,34)/b10-6+/t18-,28+/m0/s1. The first-order valence-corrected chi connectivity index (χ1v) is 12.4. The molecule has 0 saturated carbocycles. The Morgan fingerprint density at radius 2 is 1.87 bits per heavy atom. The van der Waals surface area contributed by atoms with E-state index in [1.165, 1.54) is 19.3 Å². The molecule has 0 aliphatic carbocycles. The fourth-order valence-electron chi connectivity index (χ4n) is 4.12. The lowest BCUT2D eigenvalue weighted by Gasteiger charge is -2.25. The predicted molar refractivity (Wildman–Crippen MR) is 147 cm³/mol. The highest BCUT2D eigenvalue weighted by molar-refractivity contribution is 6.01. The van der Waals surface area contributed by atoms with Crippen molar-refractivity contribution in [1.29, 1.82) is 0 Å². The number of phenolic OH excluding ortho intramolecular Hbond substituents is 1. The number of nitrogens with two attached hydrogens (primary N) is 1. The molecule has 3 aromatic carbocycles. The Morgan fingerprint density at radius 1 is 1.08 bits per heavy atom. The fourth-order valence-corrected chi connectivity index (χ4v) is 4.12. The summed E-state index contributed by atoms with van der Waals surface area (Å²) < 4.78 is 21.6. The van der Waals surface area contributed by atoms with E-state index in [9.17, 15) is 14.7 Å². The van der Waals surface area contributed by atoms with Crippen LogP contribution in [0.5, 0.6) is 23.0 Å². The number of nitrogen functional groups attached to an aromatic ring is 1. The van der Waals surface area contributed by atoms with Gasteiger partial charge in [-0.25, -0.2) is 4.79 Å². The molecule has 1 heterocycles. The number of para-hydroxylation sites is 2. The van der Waals surface area contributed by atoms with Gasteiger partial charge in [0, 0.05) is 11.8 Å². The predicted octanol–water partition coefficient (Wildman–Crippen LogP) is 5.61. The lowest BCUT2D eigenvalue weighted by molar-refractivity contribution is -0.111. The van der Waals surface area contributed by atoms with E-state index >= 15 is 0 Å². The van der Waals surface area contributed by atoms with Crippen molar-refractivity contribution in [2.45, 2.75) is 25.9 Å². The quantitative estimate of drug-likeness (QED) is 0.195. The molecule has 0 radical (unpaired) electrons. The number of hydrogen-bond donors (Lipinski definition) is 4. The number of hydrogen-bond acceptors (Lipinski definition) is 8. The topological polar surface area (TPSA) is 141 Å². The van der Waals surface area contributed by atoms with Crippen molar-refractivity contribution < 1.29 is 33.6 Å². The summed E-state index contributed by atoms with van der Waals surface area (Å²) in [5.74, 6) is 0.910. The van der Waals surface area contributed by atoms with E-state index in [0.717, 1.165) is 0 Å². The number of ether oxygens (including phenoxy) is 4. The molecule has 2 atom stereocenters. The maximum absolute atomic E-state index is 12.9. The maximum atomic E-state index is 12.9. The summed E-state index contributed by atoms with van der Waals surface area (Å²) in [5, 5.41) is 15.8. The molecule has 1 aliphatic heterocycles. The van der Waals surface area contributed by atoms with Crippen LogP contribution in [0.4, 0.5) is 21.9 Å². The number of aromatic hydroxyl groups is 1. The monoisotopic (exact) mass is 533 g/mol. The fraction of sp³-hybridized carbons (Fsp3) is 0.241. The van der Waals surface area contributed by atoms with Gasteiger partial charge in [0.15, 0.2) is 23.0 Å². The molecule has 10 heteroatoms. The number of nitrogens with one attached hydrogen (secondary N) is 2. The van der Waals surface area contributed by atoms with Gasteiger partial charge in [-0.3, -0.25) is 10.1 Å². The zero-order valence-corrected chi connectivity index (χ0v) is 21.7. The molecule has 0 aromatic heterocycles. The van der Waals surface area contributed by atoms with Gasteiger partial charge in [-0.15, -0.1) is 0 Å². The van der Waals surface area contributed by atoms with Gasteiger partial charge in [-0.2, -0.15) is 0 Å². The number of phenols is 1. The van der Waals surface area contributed by atoms with Crippen molar-refractivity contribution in [1.82, 2.24) is 0 Å². The minimum atomic E-state index is -0.692. The van der Waals surface area contributed by atoms with E-state index in [-0.39, 0.29) is 24.4 Å². The van der Waals surface area contributed by atoms with Gasteiger partial charge in [0.2, 0.25) is 12.7 Å². The highest BCUT2D eigenvalue weighted by Crippen LogP contribution is 2.37. The summed E-state index contributed by atoms with van der Waals surface area (Å²) >= 11 is 0. The molecule has 0 bridgehead atoms. The van der Waals surface area contributed by atoms with Crippen LogP contribution in [0.1, 0.15) is 31.4 Å². The van der Waals surface area contributed by atoms with Gasteiger partial charge in [-0.05, 0) is 66.8 Å². The second kappa shape index (κ2) is 12.6. The van der Waals surface area contributed by atoms with Crippen LogP contribution in [0, 0.1) is 5.92 Å². The van der Waals surface area contributed by atoms with Gasteiger partial charge in [0.05, 0.1) is 18.5 Å². The molecule has 1 aliphatic rings. The Kier molecular flexibility index (Phi) is 8.78. The highest BCUT2D eigenvalue weighted by Gasteiger charge is 2.25. The summed E-state index contributed by atoms with van der Waals surface area (Å²) in [6.07, 6.45) is 2.97. The van der Waals surface area contributed by atoms with Crippen molar-refractivity contribution in [3.05, 3.63) is 78.4 Å². The number of anilines is 3. The summed E-state index contributed by atoms with van der Waals surface area (Å²) in [6, 6.07) is 16.9. The lowest BCUT2D eigenvalue weighted by Crippen LogP contribution is -2.22. The number of methoxy groups -OCH3 is 1. The number of carbonyl (C=O) groups excluding carboxylic acids is 2. The summed E-state index contributed by atoms with van der Waals surface area (Å²) in [7, 11) is 1.46. The first-order chi connectivity index (χ1) is 18.8. The van der Waals surface area contributed by atoms with Crippen LogP contribution in [-0.2, 0) is 9.53 Å². The Labute approximate surface area is 226 Å². The van der Waals surface area contributed by atoms with Gasteiger partial charge in [-0.1, -0.05) is 31.2 Å². The van der Waals surface area contributed by atoms with Crippen LogP contribution in [0.2, 0.25) is 0 Å². The van der Waals surface area contributed by atoms with Crippen LogP contribution < -0.4 is 30.6 Å². The average molecular weight is 534 g/mol. The van der Waals surface area contributed by atoms with Gasteiger partial charge in [0.25, 0.3) is 0 Å². The second-order valence-electron chi connectivity index (χ2n) is 8.98. The number of benzene rings is 3. The molecule has 4 rings (SSSR count). The smallest absolute Gasteiger partial charge is 0.412 e. The molecule has 0 fully saturated rings. The lowest BCUT2D eigenvalue weighted by atomic mass is 9.92. The zero-order chi connectivity index (χ0) is 27.8. The Balaban J connectivity index is 1.40. The van der Waals surface area contributed by atoms with Crippen molar-refractivity contribution in [2.75, 3.05) is 30.3 Å². The zero-order valence-electron chi connectivity index (χ0n) is 21.7. The summed E-state index contributed by atoms with van der Waals surface area (Å²) in [5.41, 5.74) is 7.98. The first-order valence-electron chi connectivity index (χ1n) is 12.4. The van der Waals surface area contributed by atoms with E-state index < -0.39 is 12.2 Å². The molecule has 0 spiro atoms. The minimum Gasteiger partial charge on any atom is -0.504 e. The number of fused-ring (bicyclic) bond motifs is 1. The summed E-state index contributed by atoms with van der Waals surface area (Å²) in [4.78, 5) is 25.1. The molecule has 0 saturated heterocycles. The van der Waals surface area contributed by atoms with Crippen LogP contribution in [0.3, 0.4) is 0 Å². The van der Waals surface area contributed by atoms with Crippen molar-refractivity contribution >= 4 is 29.1 Å². The van der Waals surface area contributed by atoms with E-state index in [1.807, 2.05) is 6.92 Å². The largest absolute Gasteiger partial charge is 0.504 e. The minimum absolute atomic E-state index is 0.0660. The Hall–Kier alpha value is -4.86. The van der Waals surface area contributed by atoms with E-state index in [0.29, 0.717) is 52.7 Å². The molecular weight excluding hydrogens is 502 g/mol. The van der Waals surface area contributed by atoms with Gasteiger partial charge < -0.3 is 35.1 Å². The molecule has 5 N–H and O–H groups in total.